The Morgan fingerprint density at radius 3 is 2.67 bits per heavy atom. The molecule has 1 saturated heterocycles. The number of carboxylic acid groups (broad SMARTS) is 1. The summed E-state index contributed by atoms with van der Waals surface area (Å²) >= 11 is 0.795. The van der Waals surface area contributed by atoms with Gasteiger partial charge in [0.15, 0.2) is 5.56 Å². The predicted octanol–water partition coefficient (Wildman–Crippen LogP) is 1.67. The van der Waals surface area contributed by atoms with E-state index in [1.807, 2.05) is 0 Å². The SMILES string of the molecule is O=C(O)c1c(=O)c2cc(F)c(N3CCNCC3)cc2n2c([N+](=O)[O-])csc12. The van der Waals surface area contributed by atoms with Gasteiger partial charge in [-0.15, -0.1) is 0 Å². The van der Waals surface area contributed by atoms with Crippen LogP contribution in [0.5, 0.6) is 0 Å². The summed E-state index contributed by atoms with van der Waals surface area (Å²) in [5, 5.41) is 24.9. The highest BCUT2D eigenvalue weighted by molar-refractivity contribution is 7.16. The summed E-state index contributed by atoms with van der Waals surface area (Å²) in [5.74, 6) is -2.56. The second kappa shape index (κ2) is 6.28. The number of aromatic nitrogens is 1. The van der Waals surface area contributed by atoms with Crippen LogP contribution in [-0.4, -0.2) is 46.6 Å². The highest BCUT2D eigenvalue weighted by Crippen LogP contribution is 2.32. The minimum Gasteiger partial charge on any atom is -0.477 e. The van der Waals surface area contributed by atoms with Crippen molar-refractivity contribution in [2.24, 2.45) is 0 Å². The zero-order valence-corrected chi connectivity index (χ0v) is 14.6. The van der Waals surface area contributed by atoms with E-state index < -0.39 is 27.7 Å². The van der Waals surface area contributed by atoms with Crippen LogP contribution < -0.4 is 15.6 Å². The van der Waals surface area contributed by atoms with Crippen LogP contribution >= 0.6 is 11.3 Å². The number of anilines is 1. The molecule has 1 fully saturated rings. The lowest BCUT2D eigenvalue weighted by Gasteiger charge is -2.29. The largest absolute Gasteiger partial charge is 0.477 e. The number of nitrogens with one attached hydrogen (secondary N) is 1. The van der Waals surface area contributed by atoms with Crippen LogP contribution in [0.3, 0.4) is 0 Å². The van der Waals surface area contributed by atoms with Crippen LogP contribution in [0, 0.1) is 15.9 Å². The lowest BCUT2D eigenvalue weighted by atomic mass is 10.1. The first kappa shape index (κ1) is 17.4. The Balaban J connectivity index is 2.13. The Labute approximate surface area is 154 Å². The van der Waals surface area contributed by atoms with Crippen molar-refractivity contribution >= 4 is 44.5 Å². The van der Waals surface area contributed by atoms with E-state index in [1.165, 1.54) is 11.4 Å². The molecule has 3 heterocycles. The third-order valence-electron chi connectivity index (χ3n) is 4.56. The Morgan fingerprint density at radius 1 is 1.33 bits per heavy atom. The van der Waals surface area contributed by atoms with E-state index in [4.69, 9.17) is 0 Å². The van der Waals surface area contributed by atoms with E-state index in [9.17, 15) is 29.2 Å². The molecule has 0 radical (unpaired) electrons. The van der Waals surface area contributed by atoms with E-state index in [-0.39, 0.29) is 27.2 Å². The highest BCUT2D eigenvalue weighted by atomic mass is 32.1. The first-order valence-corrected chi connectivity index (χ1v) is 8.91. The van der Waals surface area contributed by atoms with Crippen LogP contribution in [0.15, 0.2) is 22.3 Å². The van der Waals surface area contributed by atoms with E-state index in [0.29, 0.717) is 26.2 Å². The van der Waals surface area contributed by atoms with E-state index >= 15 is 0 Å². The molecule has 1 aromatic carbocycles. The fourth-order valence-corrected chi connectivity index (χ4v) is 4.34. The number of fused-ring (bicyclic) bond motifs is 3. The lowest BCUT2D eigenvalue weighted by Crippen LogP contribution is -2.43. The maximum Gasteiger partial charge on any atom is 0.345 e. The molecule has 11 heteroatoms. The molecule has 3 aromatic rings. The number of aromatic carboxylic acids is 1. The quantitative estimate of drug-likeness (QED) is 0.514. The van der Waals surface area contributed by atoms with Gasteiger partial charge in [0.25, 0.3) is 0 Å². The Bertz CT molecular complexity index is 1170. The maximum atomic E-state index is 14.7. The summed E-state index contributed by atoms with van der Waals surface area (Å²) < 4.78 is 15.8. The van der Waals surface area contributed by atoms with Crippen molar-refractivity contribution in [1.82, 2.24) is 9.72 Å². The number of pyridine rings is 1. The van der Waals surface area contributed by atoms with Gasteiger partial charge in [-0.25, -0.2) is 9.18 Å². The second-order valence-corrected chi connectivity index (χ2v) is 6.92. The summed E-state index contributed by atoms with van der Waals surface area (Å²) in [5.41, 5.74) is -1.13. The van der Waals surface area contributed by atoms with Crippen molar-refractivity contribution in [1.29, 1.82) is 0 Å². The standard InChI is InChI=1S/C16H13FN4O5S/c17-9-5-8-10(6-11(9)19-3-1-18-2-4-19)20-12(21(25)26)7-27-15(20)13(14(8)22)16(23)24/h5-7,18H,1-4H2,(H,23,24). The van der Waals surface area contributed by atoms with E-state index in [2.05, 4.69) is 5.32 Å². The van der Waals surface area contributed by atoms with Gasteiger partial charge < -0.3 is 25.4 Å². The van der Waals surface area contributed by atoms with Gasteiger partial charge in [0, 0.05) is 32.2 Å². The smallest absolute Gasteiger partial charge is 0.345 e. The number of carboxylic acids is 1. The highest BCUT2D eigenvalue weighted by Gasteiger charge is 2.28. The number of rotatable bonds is 3. The fourth-order valence-electron chi connectivity index (χ4n) is 3.33. The summed E-state index contributed by atoms with van der Waals surface area (Å²) in [7, 11) is 0. The molecule has 1 aliphatic rings. The van der Waals surface area contributed by atoms with Gasteiger partial charge in [-0.2, -0.15) is 4.40 Å². The molecule has 0 bridgehead atoms. The molecule has 140 valence electrons. The van der Waals surface area contributed by atoms with Gasteiger partial charge in [-0.3, -0.25) is 4.79 Å². The molecule has 2 aromatic heterocycles. The molecule has 0 amide bonds. The van der Waals surface area contributed by atoms with Crippen molar-refractivity contribution in [3.05, 3.63) is 49.2 Å². The van der Waals surface area contributed by atoms with Crippen LogP contribution in [0.2, 0.25) is 0 Å². The zero-order valence-electron chi connectivity index (χ0n) is 13.8. The third-order valence-corrected chi connectivity index (χ3v) is 5.50. The minimum absolute atomic E-state index is 0.0513. The Hall–Kier alpha value is -3.05. The molecular weight excluding hydrogens is 379 g/mol. The number of benzene rings is 1. The topological polar surface area (TPSA) is 117 Å². The number of hydrogen-bond acceptors (Lipinski definition) is 7. The minimum atomic E-state index is -1.51. The molecule has 2 N–H and O–H groups in total. The normalized spacial score (nSPS) is 14.8. The summed E-state index contributed by atoms with van der Waals surface area (Å²) in [4.78, 5) is 36.7. The van der Waals surface area contributed by atoms with Gasteiger partial charge in [0.2, 0.25) is 10.3 Å². The van der Waals surface area contributed by atoms with Crippen LogP contribution in [0.4, 0.5) is 15.9 Å². The Morgan fingerprint density at radius 2 is 2.04 bits per heavy atom. The molecular formula is C16H13FN4O5S. The molecule has 4 rings (SSSR count). The molecule has 27 heavy (non-hydrogen) atoms. The average Bonchev–Trinajstić information content (AvgIpc) is 3.07. The lowest BCUT2D eigenvalue weighted by molar-refractivity contribution is -0.389. The first-order chi connectivity index (χ1) is 12.9. The van der Waals surface area contributed by atoms with Gasteiger partial charge in [0.1, 0.15) is 11.3 Å². The molecule has 0 unspecified atom stereocenters. The monoisotopic (exact) mass is 392 g/mol. The van der Waals surface area contributed by atoms with Crippen molar-refractivity contribution < 1.29 is 19.2 Å². The van der Waals surface area contributed by atoms with Crippen LogP contribution in [0.25, 0.3) is 15.7 Å². The third kappa shape index (κ3) is 2.62. The van der Waals surface area contributed by atoms with Crippen molar-refractivity contribution in [2.45, 2.75) is 0 Å². The van der Waals surface area contributed by atoms with Gasteiger partial charge in [-0.05, 0) is 11.0 Å². The molecule has 0 spiro atoms. The molecule has 0 atom stereocenters. The first-order valence-electron chi connectivity index (χ1n) is 8.03. The van der Waals surface area contributed by atoms with E-state index in [0.717, 1.165) is 21.8 Å². The van der Waals surface area contributed by atoms with Crippen LogP contribution in [0.1, 0.15) is 10.4 Å². The molecule has 9 nitrogen and oxygen atoms in total. The van der Waals surface area contributed by atoms with Crippen molar-refractivity contribution in [3.8, 4) is 0 Å². The number of hydrogen-bond donors (Lipinski definition) is 2. The average molecular weight is 392 g/mol. The predicted molar refractivity (Wildman–Crippen MR) is 97.7 cm³/mol. The van der Waals surface area contributed by atoms with Crippen molar-refractivity contribution in [2.75, 3.05) is 31.1 Å². The molecule has 0 aliphatic carbocycles. The number of carbonyl (C=O) groups is 1. The maximum absolute atomic E-state index is 14.7. The number of nitrogens with zero attached hydrogens (tertiary/aromatic N) is 3. The number of piperazine rings is 1. The second-order valence-electron chi connectivity index (χ2n) is 6.06. The van der Waals surface area contributed by atoms with Gasteiger partial charge >= 0.3 is 11.8 Å². The van der Waals surface area contributed by atoms with Gasteiger partial charge in [-0.1, -0.05) is 11.3 Å². The zero-order chi connectivity index (χ0) is 19.3. The summed E-state index contributed by atoms with van der Waals surface area (Å²) in [6.07, 6.45) is 0. The number of halogens is 1. The molecule has 0 saturated carbocycles. The summed E-state index contributed by atoms with van der Waals surface area (Å²) in [6, 6.07) is 2.35. The van der Waals surface area contributed by atoms with E-state index in [1.54, 1.807) is 4.90 Å². The summed E-state index contributed by atoms with van der Waals surface area (Å²) in [6.45, 7) is 2.39. The number of thiazole rings is 1. The Kier molecular flexibility index (Phi) is 4.04. The number of nitro groups is 1. The van der Waals surface area contributed by atoms with Crippen molar-refractivity contribution in [3.63, 3.8) is 0 Å². The fraction of sp³-hybridized carbons (Fsp3) is 0.250. The molecule has 1 aliphatic heterocycles. The van der Waals surface area contributed by atoms with Crippen LogP contribution in [-0.2, 0) is 0 Å². The van der Waals surface area contributed by atoms with Gasteiger partial charge in [0.05, 0.1) is 16.5 Å².